The number of anilines is 2. The number of thiol groups is 1. The van der Waals surface area contributed by atoms with E-state index in [0.29, 0.717) is 21.8 Å². The number of thiazole rings is 1. The fourth-order valence-electron chi connectivity index (χ4n) is 1.68. The Labute approximate surface area is 114 Å². The van der Waals surface area contributed by atoms with Gasteiger partial charge in [0.25, 0.3) is 0 Å². The standard InChI is InChI=1S/C10H15N5OS2/c1-2-3-5(4-16)12-7-6-8(13-9(11)18-6)15-10(17)14-7/h5,16H,2-4H2,1H3,(H4,11,12,13,14,15,17)/t5-/m1/s1. The van der Waals surface area contributed by atoms with E-state index in [-0.39, 0.29) is 12.6 Å². The van der Waals surface area contributed by atoms with Gasteiger partial charge in [0.15, 0.2) is 21.8 Å². The summed E-state index contributed by atoms with van der Waals surface area (Å²) < 4.78 is 0.792. The van der Waals surface area contributed by atoms with Gasteiger partial charge in [0.05, 0.1) is 12.6 Å². The van der Waals surface area contributed by atoms with E-state index in [9.17, 15) is 5.11 Å². The summed E-state index contributed by atoms with van der Waals surface area (Å²) in [6.45, 7) is 2.12. The van der Waals surface area contributed by atoms with Crippen molar-refractivity contribution in [3.05, 3.63) is 0 Å². The summed E-state index contributed by atoms with van der Waals surface area (Å²) in [4.78, 5) is 12.4. The average Bonchev–Trinajstić information content (AvgIpc) is 2.68. The summed E-state index contributed by atoms with van der Waals surface area (Å²) in [6.07, 6.45) is 1.84. The molecule has 1 atom stereocenters. The second-order valence-corrected chi connectivity index (χ2v) is 5.32. The molecule has 18 heavy (non-hydrogen) atoms. The van der Waals surface area contributed by atoms with Crippen LogP contribution in [0.1, 0.15) is 19.8 Å². The van der Waals surface area contributed by atoms with Crippen molar-refractivity contribution in [3.8, 4) is 0 Å². The third kappa shape index (κ3) is 2.82. The second kappa shape index (κ2) is 5.68. The quantitative estimate of drug-likeness (QED) is 0.491. The molecule has 2 aromatic heterocycles. The number of aliphatic hydroxyl groups excluding tert-OH is 1. The first-order valence-electron chi connectivity index (χ1n) is 5.64. The minimum absolute atomic E-state index is 0.0378. The summed E-state index contributed by atoms with van der Waals surface area (Å²) >= 11 is 5.46. The van der Waals surface area contributed by atoms with Crippen LogP contribution in [-0.2, 0) is 0 Å². The van der Waals surface area contributed by atoms with Crippen LogP contribution < -0.4 is 11.1 Å². The number of hydrogen-bond acceptors (Lipinski definition) is 8. The van der Waals surface area contributed by atoms with Gasteiger partial charge in [-0.1, -0.05) is 24.7 Å². The Morgan fingerprint density at radius 1 is 1.44 bits per heavy atom. The minimum Gasteiger partial charge on any atom is -0.394 e. The molecule has 0 fully saturated rings. The number of nitrogen functional groups attached to an aromatic ring is 1. The van der Waals surface area contributed by atoms with Crippen molar-refractivity contribution >= 4 is 45.3 Å². The summed E-state index contributed by atoms with van der Waals surface area (Å²) in [5, 5.41) is 13.3. The zero-order chi connectivity index (χ0) is 13.1. The maximum absolute atomic E-state index is 9.30. The van der Waals surface area contributed by atoms with E-state index >= 15 is 0 Å². The van der Waals surface area contributed by atoms with E-state index in [1.807, 2.05) is 0 Å². The molecule has 4 N–H and O–H groups in total. The van der Waals surface area contributed by atoms with Crippen molar-refractivity contribution < 1.29 is 5.11 Å². The molecule has 0 amide bonds. The lowest BCUT2D eigenvalue weighted by atomic mass is 10.2. The minimum atomic E-state index is -0.0378. The van der Waals surface area contributed by atoms with Crippen molar-refractivity contribution in [1.82, 2.24) is 15.0 Å². The highest BCUT2D eigenvalue weighted by atomic mass is 32.1. The zero-order valence-electron chi connectivity index (χ0n) is 9.92. The maximum Gasteiger partial charge on any atom is 0.188 e. The Kier molecular flexibility index (Phi) is 4.20. The molecule has 0 unspecified atom stereocenters. The van der Waals surface area contributed by atoms with Crippen molar-refractivity contribution in [2.45, 2.75) is 31.0 Å². The first-order chi connectivity index (χ1) is 8.63. The van der Waals surface area contributed by atoms with Gasteiger partial charge in [-0.15, -0.1) is 12.6 Å². The maximum atomic E-state index is 9.30. The summed E-state index contributed by atoms with van der Waals surface area (Å²) in [6, 6.07) is -0.0378. The molecule has 0 aliphatic rings. The molecule has 0 radical (unpaired) electrons. The number of nitrogens with one attached hydrogen (secondary N) is 1. The molecule has 0 saturated heterocycles. The number of nitrogens with two attached hydrogens (primary N) is 1. The number of aromatic nitrogens is 3. The lowest BCUT2D eigenvalue weighted by molar-refractivity contribution is 0.268. The molecule has 0 saturated carbocycles. The van der Waals surface area contributed by atoms with Gasteiger partial charge < -0.3 is 16.2 Å². The lowest BCUT2D eigenvalue weighted by Gasteiger charge is -2.16. The summed E-state index contributed by atoms with van der Waals surface area (Å²) in [5.74, 6) is 0.631. The molecular formula is C10H15N5OS2. The van der Waals surface area contributed by atoms with Crippen LogP contribution in [0.25, 0.3) is 10.3 Å². The first-order valence-corrected chi connectivity index (χ1v) is 6.90. The van der Waals surface area contributed by atoms with Gasteiger partial charge in [-0.3, -0.25) is 0 Å². The van der Waals surface area contributed by atoms with E-state index in [2.05, 4.69) is 39.8 Å². The number of fused-ring (bicyclic) bond motifs is 1. The Morgan fingerprint density at radius 2 is 2.22 bits per heavy atom. The second-order valence-electron chi connectivity index (χ2n) is 3.89. The zero-order valence-corrected chi connectivity index (χ0v) is 11.6. The monoisotopic (exact) mass is 285 g/mol. The third-order valence-corrected chi connectivity index (χ3v) is 3.54. The molecule has 0 aromatic carbocycles. The number of rotatable bonds is 5. The van der Waals surface area contributed by atoms with Crippen molar-refractivity contribution in [1.29, 1.82) is 0 Å². The van der Waals surface area contributed by atoms with Crippen LogP contribution in [0.15, 0.2) is 5.16 Å². The molecule has 2 rings (SSSR count). The van der Waals surface area contributed by atoms with E-state index in [1.165, 1.54) is 11.3 Å². The van der Waals surface area contributed by atoms with Crippen LogP contribution in [0.5, 0.6) is 0 Å². The topological polar surface area (TPSA) is 97.0 Å². The van der Waals surface area contributed by atoms with Gasteiger partial charge in [-0.05, 0) is 6.42 Å². The van der Waals surface area contributed by atoms with Gasteiger partial charge in [-0.2, -0.15) is 0 Å². The van der Waals surface area contributed by atoms with Crippen LogP contribution in [0, 0.1) is 0 Å². The molecule has 2 aromatic rings. The summed E-state index contributed by atoms with van der Waals surface area (Å²) in [5.41, 5.74) is 6.20. The molecule has 0 aliphatic heterocycles. The Bertz CT molecular complexity index is 544. The van der Waals surface area contributed by atoms with Gasteiger partial charge in [0.1, 0.15) is 4.70 Å². The average molecular weight is 285 g/mol. The van der Waals surface area contributed by atoms with Crippen molar-refractivity contribution in [3.63, 3.8) is 0 Å². The highest BCUT2D eigenvalue weighted by Crippen LogP contribution is 2.29. The molecule has 0 spiro atoms. The first kappa shape index (κ1) is 13.3. The van der Waals surface area contributed by atoms with E-state index < -0.39 is 0 Å². The van der Waals surface area contributed by atoms with Gasteiger partial charge in [0, 0.05) is 0 Å². The third-order valence-electron chi connectivity index (χ3n) is 2.46. The Morgan fingerprint density at radius 3 is 2.89 bits per heavy atom. The lowest BCUT2D eigenvalue weighted by Crippen LogP contribution is -2.24. The van der Waals surface area contributed by atoms with E-state index in [0.717, 1.165) is 17.5 Å². The SMILES string of the molecule is CCC[C@H](CO)Nc1nc(S)nc2nc(N)sc12. The van der Waals surface area contributed by atoms with Gasteiger partial charge in [-0.25, -0.2) is 15.0 Å². The fourth-order valence-corrected chi connectivity index (χ4v) is 2.60. The smallest absolute Gasteiger partial charge is 0.188 e. The van der Waals surface area contributed by atoms with Crippen molar-refractivity contribution in [2.24, 2.45) is 0 Å². The summed E-state index contributed by atoms with van der Waals surface area (Å²) in [7, 11) is 0. The predicted octanol–water partition coefficient (Wildman–Crippen LogP) is 1.53. The Hall–Kier alpha value is -1.12. The number of aliphatic hydroxyl groups is 1. The van der Waals surface area contributed by atoms with E-state index in [4.69, 9.17) is 5.73 Å². The molecule has 6 nitrogen and oxygen atoms in total. The highest BCUT2D eigenvalue weighted by molar-refractivity contribution is 7.80. The molecular weight excluding hydrogens is 270 g/mol. The van der Waals surface area contributed by atoms with Gasteiger partial charge >= 0.3 is 0 Å². The number of nitrogens with zero attached hydrogens (tertiary/aromatic N) is 3. The molecule has 8 heteroatoms. The van der Waals surface area contributed by atoms with Crippen LogP contribution in [-0.4, -0.2) is 32.7 Å². The molecule has 2 heterocycles. The largest absolute Gasteiger partial charge is 0.394 e. The predicted molar refractivity (Wildman–Crippen MR) is 76.3 cm³/mol. The molecule has 0 bridgehead atoms. The van der Waals surface area contributed by atoms with Crippen LogP contribution in [0.3, 0.4) is 0 Å². The molecule has 0 aliphatic carbocycles. The normalized spacial score (nSPS) is 12.8. The van der Waals surface area contributed by atoms with Crippen LogP contribution >= 0.6 is 24.0 Å². The highest BCUT2D eigenvalue weighted by Gasteiger charge is 2.14. The van der Waals surface area contributed by atoms with E-state index in [1.54, 1.807) is 0 Å². The van der Waals surface area contributed by atoms with Gasteiger partial charge in [0.2, 0.25) is 0 Å². The molecule has 98 valence electrons. The van der Waals surface area contributed by atoms with Crippen LogP contribution in [0.2, 0.25) is 0 Å². The number of hydrogen-bond donors (Lipinski definition) is 4. The van der Waals surface area contributed by atoms with Crippen LogP contribution in [0.4, 0.5) is 10.9 Å². The van der Waals surface area contributed by atoms with Crippen molar-refractivity contribution in [2.75, 3.05) is 17.7 Å². The Balaban J connectivity index is 2.36. The fraction of sp³-hybridized carbons (Fsp3) is 0.500.